The molecule has 1 aromatic heterocycles. The molecule has 1 heterocycles. The van der Waals surface area contributed by atoms with Crippen molar-refractivity contribution in [2.45, 2.75) is 37.8 Å². The maximum Gasteiger partial charge on any atom is 0.122 e. The van der Waals surface area contributed by atoms with E-state index in [-0.39, 0.29) is 0 Å². The van der Waals surface area contributed by atoms with E-state index in [1.807, 2.05) is 6.07 Å². The molecule has 2 aliphatic rings. The van der Waals surface area contributed by atoms with Crippen LogP contribution in [0.5, 0.6) is 0 Å². The van der Waals surface area contributed by atoms with E-state index >= 15 is 0 Å². The van der Waals surface area contributed by atoms with E-state index in [0.717, 1.165) is 17.7 Å². The van der Waals surface area contributed by atoms with Gasteiger partial charge in [0.15, 0.2) is 0 Å². The van der Waals surface area contributed by atoms with Gasteiger partial charge in [0.1, 0.15) is 5.76 Å². The molecule has 3 rings (SSSR count). The Hall–Kier alpha value is -0.800. The summed E-state index contributed by atoms with van der Waals surface area (Å²) in [6, 6.07) is 5.07. The average molecular weight is 220 g/mol. The molecule has 2 saturated carbocycles. The molecule has 0 aromatic carbocycles. The molecule has 2 fully saturated rings. The largest absolute Gasteiger partial charge is 0.468 e. The molecule has 3 heteroatoms. The Labute approximate surface area is 96.6 Å². The van der Waals surface area contributed by atoms with Crippen molar-refractivity contribution in [2.24, 2.45) is 11.7 Å². The number of rotatable bonds is 6. The lowest BCUT2D eigenvalue weighted by Crippen LogP contribution is -2.36. The van der Waals surface area contributed by atoms with Gasteiger partial charge in [-0.15, -0.1) is 0 Å². The lowest BCUT2D eigenvalue weighted by atomic mass is 10.1. The summed E-state index contributed by atoms with van der Waals surface area (Å²) < 4.78 is 5.53. The van der Waals surface area contributed by atoms with Crippen molar-refractivity contribution < 1.29 is 4.42 Å². The molecule has 0 spiro atoms. The SMILES string of the molecule is NCC(c1ccco1)N(CC1CC1)C1CC1. The van der Waals surface area contributed by atoms with Gasteiger partial charge >= 0.3 is 0 Å². The van der Waals surface area contributed by atoms with Gasteiger partial charge < -0.3 is 10.2 Å². The molecule has 0 radical (unpaired) electrons. The summed E-state index contributed by atoms with van der Waals surface area (Å²) in [5.74, 6) is 1.96. The van der Waals surface area contributed by atoms with Crippen LogP contribution in [0, 0.1) is 5.92 Å². The van der Waals surface area contributed by atoms with Crippen LogP contribution < -0.4 is 5.73 Å². The van der Waals surface area contributed by atoms with Crippen LogP contribution in [0.25, 0.3) is 0 Å². The monoisotopic (exact) mass is 220 g/mol. The fourth-order valence-corrected chi connectivity index (χ4v) is 2.43. The van der Waals surface area contributed by atoms with Crippen LogP contribution in [0.15, 0.2) is 22.8 Å². The lowest BCUT2D eigenvalue weighted by Gasteiger charge is -2.29. The summed E-state index contributed by atoms with van der Waals surface area (Å²) in [4.78, 5) is 2.58. The second kappa shape index (κ2) is 4.22. The minimum Gasteiger partial charge on any atom is -0.468 e. The van der Waals surface area contributed by atoms with E-state index in [0.29, 0.717) is 12.6 Å². The van der Waals surface area contributed by atoms with Crippen LogP contribution in [0.1, 0.15) is 37.5 Å². The number of furan rings is 1. The zero-order valence-corrected chi connectivity index (χ0v) is 9.64. The van der Waals surface area contributed by atoms with E-state index in [2.05, 4.69) is 11.0 Å². The van der Waals surface area contributed by atoms with Crippen LogP contribution >= 0.6 is 0 Å². The van der Waals surface area contributed by atoms with Crippen molar-refractivity contribution in [3.63, 3.8) is 0 Å². The van der Waals surface area contributed by atoms with Gasteiger partial charge in [0.05, 0.1) is 12.3 Å². The molecular weight excluding hydrogens is 200 g/mol. The normalized spacial score (nSPS) is 22.6. The van der Waals surface area contributed by atoms with Crippen LogP contribution in [-0.2, 0) is 0 Å². The number of hydrogen-bond donors (Lipinski definition) is 1. The molecule has 3 nitrogen and oxygen atoms in total. The molecule has 0 bridgehead atoms. The smallest absolute Gasteiger partial charge is 0.122 e. The van der Waals surface area contributed by atoms with Gasteiger partial charge in [-0.1, -0.05) is 0 Å². The summed E-state index contributed by atoms with van der Waals surface area (Å²) in [7, 11) is 0. The van der Waals surface area contributed by atoms with Crippen LogP contribution in [-0.4, -0.2) is 24.0 Å². The molecule has 2 N–H and O–H groups in total. The maximum atomic E-state index is 5.92. The highest BCUT2D eigenvalue weighted by Gasteiger charge is 2.38. The molecule has 1 unspecified atom stereocenters. The molecule has 2 aliphatic carbocycles. The second-order valence-electron chi connectivity index (χ2n) is 5.14. The first-order valence-electron chi connectivity index (χ1n) is 6.37. The minimum atomic E-state index is 0.295. The Morgan fingerprint density at radius 3 is 2.69 bits per heavy atom. The fourth-order valence-electron chi connectivity index (χ4n) is 2.43. The van der Waals surface area contributed by atoms with Gasteiger partial charge in [-0.05, 0) is 43.7 Å². The lowest BCUT2D eigenvalue weighted by molar-refractivity contribution is 0.162. The third kappa shape index (κ3) is 2.15. The van der Waals surface area contributed by atoms with Crippen LogP contribution in [0.3, 0.4) is 0 Å². The third-order valence-electron chi connectivity index (χ3n) is 3.68. The van der Waals surface area contributed by atoms with Crippen molar-refractivity contribution in [3.05, 3.63) is 24.2 Å². The summed E-state index contributed by atoms with van der Waals surface area (Å²) in [6.45, 7) is 1.88. The Morgan fingerprint density at radius 2 is 2.19 bits per heavy atom. The van der Waals surface area contributed by atoms with Gasteiger partial charge in [0.2, 0.25) is 0 Å². The first kappa shape index (κ1) is 10.4. The molecule has 0 saturated heterocycles. The average Bonchev–Trinajstić information content (AvgIpc) is 3.20. The Morgan fingerprint density at radius 1 is 1.38 bits per heavy atom. The quantitative estimate of drug-likeness (QED) is 0.798. The Bertz CT molecular complexity index is 328. The minimum absolute atomic E-state index is 0.295. The van der Waals surface area contributed by atoms with E-state index in [1.54, 1.807) is 6.26 Å². The molecule has 0 amide bonds. The number of nitrogens with zero attached hydrogens (tertiary/aromatic N) is 1. The first-order valence-corrected chi connectivity index (χ1v) is 6.37. The summed E-state index contributed by atoms with van der Waals surface area (Å²) in [6.07, 6.45) is 7.23. The highest BCUT2D eigenvalue weighted by Crippen LogP contribution is 2.39. The topological polar surface area (TPSA) is 42.4 Å². The Balaban J connectivity index is 1.73. The molecule has 0 aliphatic heterocycles. The zero-order valence-electron chi connectivity index (χ0n) is 9.64. The predicted molar refractivity (Wildman–Crippen MR) is 63.0 cm³/mol. The van der Waals surface area contributed by atoms with Gasteiger partial charge in [-0.25, -0.2) is 0 Å². The highest BCUT2D eigenvalue weighted by molar-refractivity contribution is 5.08. The van der Waals surface area contributed by atoms with Crippen LogP contribution in [0.4, 0.5) is 0 Å². The van der Waals surface area contributed by atoms with Crippen molar-refractivity contribution in [1.82, 2.24) is 4.90 Å². The summed E-state index contributed by atoms with van der Waals surface area (Å²) in [5, 5.41) is 0. The number of nitrogens with two attached hydrogens (primary N) is 1. The fraction of sp³-hybridized carbons (Fsp3) is 0.692. The zero-order chi connectivity index (χ0) is 11.0. The molecule has 1 aromatic rings. The van der Waals surface area contributed by atoms with Gasteiger partial charge in [0, 0.05) is 19.1 Å². The number of hydrogen-bond acceptors (Lipinski definition) is 3. The van der Waals surface area contributed by atoms with Crippen molar-refractivity contribution in [3.8, 4) is 0 Å². The van der Waals surface area contributed by atoms with E-state index in [9.17, 15) is 0 Å². The van der Waals surface area contributed by atoms with E-state index < -0.39 is 0 Å². The van der Waals surface area contributed by atoms with E-state index in [4.69, 9.17) is 10.2 Å². The summed E-state index contributed by atoms with van der Waals surface area (Å²) >= 11 is 0. The highest BCUT2D eigenvalue weighted by atomic mass is 16.3. The molecule has 88 valence electrons. The predicted octanol–water partition coefficient (Wildman–Crippen LogP) is 2.15. The van der Waals surface area contributed by atoms with E-state index in [1.165, 1.54) is 32.2 Å². The van der Waals surface area contributed by atoms with Crippen molar-refractivity contribution in [2.75, 3.05) is 13.1 Å². The van der Waals surface area contributed by atoms with Gasteiger partial charge in [-0.3, -0.25) is 4.90 Å². The van der Waals surface area contributed by atoms with Crippen molar-refractivity contribution in [1.29, 1.82) is 0 Å². The van der Waals surface area contributed by atoms with Gasteiger partial charge in [0.25, 0.3) is 0 Å². The molecular formula is C13H20N2O. The van der Waals surface area contributed by atoms with Crippen molar-refractivity contribution >= 4 is 0 Å². The first-order chi connectivity index (χ1) is 7.88. The summed E-state index contributed by atoms with van der Waals surface area (Å²) in [5.41, 5.74) is 5.92. The van der Waals surface area contributed by atoms with Gasteiger partial charge in [-0.2, -0.15) is 0 Å². The van der Waals surface area contributed by atoms with Crippen LogP contribution in [0.2, 0.25) is 0 Å². The Kier molecular flexibility index (Phi) is 2.74. The third-order valence-corrected chi connectivity index (χ3v) is 3.68. The second-order valence-corrected chi connectivity index (χ2v) is 5.14. The standard InChI is InChI=1S/C13H20N2O/c14-8-12(13-2-1-7-16-13)15(11-5-6-11)9-10-3-4-10/h1-2,7,10-12H,3-6,8-9,14H2. The molecule has 16 heavy (non-hydrogen) atoms. The molecule has 1 atom stereocenters. The maximum absolute atomic E-state index is 5.92.